The molecule has 220 valence electrons. The van der Waals surface area contributed by atoms with Crippen molar-refractivity contribution in [1.82, 2.24) is 4.98 Å². The number of fused-ring (bicyclic) bond motifs is 3. The molecule has 8 heteroatoms. The number of nitrogens with two attached hydrogens (primary N) is 1. The largest absolute Gasteiger partial charge is 0.504 e. The third kappa shape index (κ3) is 6.00. The van der Waals surface area contributed by atoms with E-state index in [4.69, 9.17) is 5.73 Å². The van der Waals surface area contributed by atoms with Crippen LogP contribution in [0.1, 0.15) is 0 Å². The highest BCUT2D eigenvalue weighted by Gasteiger charge is 2.14. The van der Waals surface area contributed by atoms with Crippen LogP contribution in [-0.2, 0) is 0 Å². The van der Waals surface area contributed by atoms with Crippen LogP contribution >= 0.6 is 0 Å². The molecule has 0 bridgehead atoms. The van der Waals surface area contributed by atoms with E-state index < -0.39 is 0 Å². The van der Waals surface area contributed by atoms with Crippen LogP contribution in [0.15, 0.2) is 127 Å². The van der Waals surface area contributed by atoms with Crippen LogP contribution in [0.3, 0.4) is 0 Å². The van der Waals surface area contributed by atoms with Gasteiger partial charge in [-0.2, -0.15) is 0 Å². The minimum atomic E-state index is -0.330. The molecular formula is C36H30N2O6. The van der Waals surface area contributed by atoms with Crippen molar-refractivity contribution in [3.8, 4) is 56.8 Å². The van der Waals surface area contributed by atoms with E-state index in [0.29, 0.717) is 16.8 Å². The van der Waals surface area contributed by atoms with Crippen molar-refractivity contribution in [1.29, 1.82) is 0 Å². The Balaban J connectivity index is 0.000000131. The Morgan fingerprint density at radius 1 is 0.364 bits per heavy atom. The smallest absolute Gasteiger partial charge is 0.165 e. The van der Waals surface area contributed by atoms with Crippen molar-refractivity contribution >= 4 is 27.5 Å². The molecular weight excluding hydrogens is 556 g/mol. The lowest BCUT2D eigenvalue weighted by atomic mass is 10.0. The maximum atomic E-state index is 9.67. The van der Waals surface area contributed by atoms with Crippen molar-refractivity contribution in [2.75, 3.05) is 5.73 Å². The molecule has 0 amide bonds. The molecule has 0 fully saturated rings. The number of aromatic amines is 1. The number of phenolic OH excluding ortho intramolecular Hbond substituents is 6. The number of aromatic nitrogens is 1. The lowest BCUT2D eigenvalue weighted by Gasteiger charge is -2.08. The summed E-state index contributed by atoms with van der Waals surface area (Å²) in [6.45, 7) is 0. The second kappa shape index (κ2) is 12.7. The molecule has 1 heterocycles. The molecule has 0 spiro atoms. The first-order valence-electron chi connectivity index (χ1n) is 13.6. The Hall–Kier alpha value is -6.28. The Bertz CT molecular complexity index is 1970. The lowest BCUT2D eigenvalue weighted by Crippen LogP contribution is -1.89. The van der Waals surface area contributed by atoms with Gasteiger partial charge in [0.05, 0.1) is 0 Å². The van der Waals surface area contributed by atoms with Crippen molar-refractivity contribution in [3.05, 3.63) is 127 Å². The Labute approximate surface area is 252 Å². The van der Waals surface area contributed by atoms with Gasteiger partial charge >= 0.3 is 0 Å². The molecule has 0 atom stereocenters. The quantitative estimate of drug-likeness (QED) is 0.0755. The first-order chi connectivity index (χ1) is 21.3. The molecule has 7 aromatic rings. The van der Waals surface area contributed by atoms with Gasteiger partial charge in [0.1, 0.15) is 0 Å². The van der Waals surface area contributed by atoms with Crippen molar-refractivity contribution in [2.24, 2.45) is 0 Å². The van der Waals surface area contributed by atoms with E-state index in [-0.39, 0.29) is 45.6 Å². The van der Waals surface area contributed by atoms with Gasteiger partial charge in [0.2, 0.25) is 0 Å². The van der Waals surface area contributed by atoms with Crippen molar-refractivity contribution < 1.29 is 30.6 Å². The number of hydrogen-bond acceptors (Lipinski definition) is 7. The Morgan fingerprint density at radius 2 is 0.705 bits per heavy atom. The summed E-state index contributed by atoms with van der Waals surface area (Å²) in [6, 6.07) is 37.5. The number of benzene rings is 6. The molecule has 0 radical (unpaired) electrons. The van der Waals surface area contributed by atoms with Gasteiger partial charge in [0.15, 0.2) is 34.5 Å². The molecule has 0 saturated carbocycles. The topological polar surface area (TPSA) is 163 Å². The predicted octanol–water partition coefficient (Wildman–Crippen LogP) is 7.84. The highest BCUT2D eigenvalue weighted by Crippen LogP contribution is 2.43. The van der Waals surface area contributed by atoms with Gasteiger partial charge in [0, 0.05) is 49.7 Å². The second-order valence-electron chi connectivity index (χ2n) is 9.82. The van der Waals surface area contributed by atoms with Gasteiger partial charge in [-0.05, 0) is 36.4 Å². The first kappa shape index (κ1) is 29.2. The first-order valence-corrected chi connectivity index (χ1v) is 13.6. The van der Waals surface area contributed by atoms with Gasteiger partial charge < -0.3 is 41.4 Å². The predicted molar refractivity (Wildman–Crippen MR) is 174 cm³/mol. The third-order valence-corrected chi connectivity index (χ3v) is 7.00. The summed E-state index contributed by atoms with van der Waals surface area (Å²) in [5.41, 5.74) is 10.5. The summed E-state index contributed by atoms with van der Waals surface area (Å²) in [4.78, 5) is 3.38. The fourth-order valence-electron chi connectivity index (χ4n) is 4.79. The molecule has 0 aliphatic rings. The van der Waals surface area contributed by atoms with E-state index in [2.05, 4.69) is 53.5 Å². The average molecular weight is 587 g/mol. The van der Waals surface area contributed by atoms with Crippen LogP contribution < -0.4 is 5.73 Å². The number of hydrogen-bond donors (Lipinski definition) is 8. The van der Waals surface area contributed by atoms with Crippen LogP contribution in [0.4, 0.5) is 5.69 Å². The van der Waals surface area contributed by atoms with Gasteiger partial charge in [-0.3, -0.25) is 0 Å². The van der Waals surface area contributed by atoms with Crippen LogP contribution in [0, 0.1) is 0 Å². The average Bonchev–Trinajstić information content (AvgIpc) is 3.41. The van der Waals surface area contributed by atoms with E-state index in [1.54, 1.807) is 24.3 Å². The van der Waals surface area contributed by atoms with E-state index >= 15 is 0 Å². The summed E-state index contributed by atoms with van der Waals surface area (Å²) in [7, 11) is 0. The van der Waals surface area contributed by atoms with E-state index in [1.807, 2.05) is 12.1 Å². The maximum Gasteiger partial charge on any atom is 0.165 e. The zero-order valence-corrected chi connectivity index (χ0v) is 23.4. The van der Waals surface area contributed by atoms with Crippen molar-refractivity contribution in [3.63, 3.8) is 0 Å². The Morgan fingerprint density at radius 3 is 1.14 bits per heavy atom. The van der Waals surface area contributed by atoms with Gasteiger partial charge in [-0.15, -0.1) is 0 Å². The molecule has 1 aromatic heterocycles. The number of nitrogens with one attached hydrogen (secondary N) is 1. The SMILES string of the molecule is Nc1ccccc1-c1cccc(O)c1O.Oc1cccc(-c2cccc(O)c2O)c1O.c1ccc2c(c1)[nH]c1ccccc12. The minimum Gasteiger partial charge on any atom is -0.504 e. The third-order valence-electron chi connectivity index (χ3n) is 7.00. The van der Waals surface area contributed by atoms with Crippen LogP contribution in [0.2, 0.25) is 0 Å². The van der Waals surface area contributed by atoms with E-state index in [0.717, 1.165) is 0 Å². The van der Waals surface area contributed by atoms with Crippen molar-refractivity contribution in [2.45, 2.75) is 0 Å². The molecule has 0 aliphatic carbocycles. The van der Waals surface area contributed by atoms with Gasteiger partial charge in [-0.25, -0.2) is 0 Å². The zero-order chi connectivity index (χ0) is 31.2. The number of aromatic hydroxyl groups is 6. The Kier molecular flexibility index (Phi) is 8.44. The monoisotopic (exact) mass is 586 g/mol. The molecule has 9 N–H and O–H groups in total. The highest BCUT2D eigenvalue weighted by atomic mass is 16.3. The normalized spacial score (nSPS) is 10.5. The number of phenols is 6. The van der Waals surface area contributed by atoms with Crippen LogP contribution in [-0.4, -0.2) is 35.6 Å². The lowest BCUT2D eigenvalue weighted by molar-refractivity contribution is 0.400. The number of H-pyrrole nitrogens is 1. The van der Waals surface area contributed by atoms with E-state index in [1.165, 1.54) is 64.3 Å². The molecule has 0 aliphatic heterocycles. The van der Waals surface area contributed by atoms with Crippen LogP contribution in [0.25, 0.3) is 44.1 Å². The fourth-order valence-corrected chi connectivity index (χ4v) is 4.79. The molecule has 7 rings (SSSR count). The summed E-state index contributed by atoms with van der Waals surface area (Å²) in [5.74, 6) is -1.50. The highest BCUT2D eigenvalue weighted by molar-refractivity contribution is 6.07. The summed E-state index contributed by atoms with van der Waals surface area (Å²) in [6.07, 6.45) is 0. The number of anilines is 1. The van der Waals surface area contributed by atoms with Gasteiger partial charge in [0.25, 0.3) is 0 Å². The molecule has 44 heavy (non-hydrogen) atoms. The summed E-state index contributed by atoms with van der Waals surface area (Å²) in [5, 5.41) is 59.5. The van der Waals surface area contributed by atoms with E-state index in [9.17, 15) is 30.6 Å². The number of rotatable bonds is 2. The minimum absolute atomic E-state index is 0.143. The second-order valence-corrected chi connectivity index (χ2v) is 9.82. The number of nitrogen functional groups attached to an aromatic ring is 1. The number of para-hydroxylation sites is 6. The molecule has 6 aromatic carbocycles. The standard InChI is InChI=1S/C12H11NO2.C12H9N.C12H10O4/c13-10-6-2-1-4-8(10)9-5-3-7-11(14)12(9)15;1-3-7-11-9(5-1)10-6-2-4-8-12(10)13-11;13-9-5-1-3-7(11(9)15)8-4-2-6-10(14)12(8)16/h1-7,14-15H,13H2;1-8,13H;1-6,13-16H. The summed E-state index contributed by atoms with van der Waals surface area (Å²) < 4.78 is 0. The summed E-state index contributed by atoms with van der Waals surface area (Å²) >= 11 is 0. The zero-order valence-electron chi connectivity index (χ0n) is 23.4. The molecule has 8 nitrogen and oxygen atoms in total. The fraction of sp³-hybridized carbons (Fsp3) is 0. The molecule has 0 unspecified atom stereocenters. The van der Waals surface area contributed by atoms with Crippen LogP contribution in [0.5, 0.6) is 34.5 Å². The maximum absolute atomic E-state index is 9.67. The van der Waals surface area contributed by atoms with Gasteiger partial charge in [-0.1, -0.05) is 91.0 Å². The molecule has 0 saturated heterocycles.